The standard InChI is InChI=1S/C19H18N6O2S/c1-10-4-5-14(26)11(2)16(10)22-18(27)15-9-21-19(28-15)23-17-12-8-20-7-6-13(12)24-25(17)3/h4-9,26H,1-3H3,(H,21,23)(H,22,27). The number of aromatic nitrogens is 4. The fourth-order valence-corrected chi connectivity index (χ4v) is 3.64. The van der Waals surface area contributed by atoms with E-state index in [4.69, 9.17) is 0 Å². The van der Waals surface area contributed by atoms with Gasteiger partial charge in [0.05, 0.1) is 22.8 Å². The van der Waals surface area contributed by atoms with Gasteiger partial charge in [-0.15, -0.1) is 0 Å². The van der Waals surface area contributed by atoms with E-state index in [1.165, 1.54) is 17.5 Å². The highest BCUT2D eigenvalue weighted by Gasteiger charge is 2.16. The van der Waals surface area contributed by atoms with Crippen molar-refractivity contribution in [3.05, 3.63) is 52.8 Å². The van der Waals surface area contributed by atoms with E-state index in [9.17, 15) is 9.90 Å². The molecule has 8 nitrogen and oxygen atoms in total. The number of thiazole rings is 1. The lowest BCUT2D eigenvalue weighted by Crippen LogP contribution is -2.12. The molecule has 142 valence electrons. The van der Waals surface area contributed by atoms with E-state index in [1.807, 2.05) is 20.0 Å². The average molecular weight is 394 g/mol. The number of phenolic OH excluding ortho intramolecular Hbond substituents is 1. The molecule has 0 unspecified atom stereocenters. The Balaban J connectivity index is 1.57. The number of hydrogen-bond acceptors (Lipinski definition) is 7. The topological polar surface area (TPSA) is 105 Å². The number of pyridine rings is 1. The molecule has 0 atom stereocenters. The van der Waals surface area contributed by atoms with Crippen LogP contribution in [0.1, 0.15) is 20.8 Å². The monoisotopic (exact) mass is 394 g/mol. The number of amides is 1. The molecule has 28 heavy (non-hydrogen) atoms. The van der Waals surface area contributed by atoms with Crippen LogP contribution in [0, 0.1) is 13.8 Å². The van der Waals surface area contributed by atoms with E-state index in [1.54, 1.807) is 36.1 Å². The van der Waals surface area contributed by atoms with Crippen LogP contribution < -0.4 is 10.6 Å². The molecule has 0 aliphatic rings. The minimum absolute atomic E-state index is 0.143. The maximum absolute atomic E-state index is 12.6. The third-order valence-corrected chi connectivity index (χ3v) is 5.38. The van der Waals surface area contributed by atoms with Gasteiger partial charge in [-0.2, -0.15) is 5.10 Å². The van der Waals surface area contributed by atoms with Crippen LogP contribution in [0.25, 0.3) is 10.9 Å². The molecule has 4 aromatic rings. The molecule has 0 saturated carbocycles. The third-order valence-electron chi connectivity index (χ3n) is 4.47. The van der Waals surface area contributed by atoms with Crippen LogP contribution in [0.3, 0.4) is 0 Å². The maximum Gasteiger partial charge on any atom is 0.267 e. The van der Waals surface area contributed by atoms with E-state index in [-0.39, 0.29) is 11.7 Å². The number of rotatable bonds is 4. The van der Waals surface area contributed by atoms with Crippen LogP contribution in [-0.4, -0.2) is 30.8 Å². The summed E-state index contributed by atoms with van der Waals surface area (Å²) in [5.74, 6) is 0.618. The molecule has 0 spiro atoms. The van der Waals surface area contributed by atoms with Crippen LogP contribution in [0.2, 0.25) is 0 Å². The van der Waals surface area contributed by atoms with Crippen LogP contribution in [0.4, 0.5) is 16.6 Å². The normalized spacial score (nSPS) is 11.0. The van der Waals surface area contributed by atoms with Crippen LogP contribution >= 0.6 is 11.3 Å². The number of carbonyl (C=O) groups excluding carboxylic acids is 1. The van der Waals surface area contributed by atoms with Crippen molar-refractivity contribution in [2.45, 2.75) is 13.8 Å². The summed E-state index contributed by atoms with van der Waals surface area (Å²) in [7, 11) is 1.83. The number of phenols is 1. The van der Waals surface area contributed by atoms with Crippen molar-refractivity contribution in [2.75, 3.05) is 10.6 Å². The minimum atomic E-state index is -0.279. The summed E-state index contributed by atoms with van der Waals surface area (Å²) < 4.78 is 1.72. The summed E-state index contributed by atoms with van der Waals surface area (Å²) in [5, 5.41) is 21.8. The van der Waals surface area contributed by atoms with Crippen molar-refractivity contribution in [2.24, 2.45) is 7.05 Å². The second-order valence-corrected chi connectivity index (χ2v) is 7.41. The highest BCUT2D eigenvalue weighted by Crippen LogP contribution is 2.30. The van der Waals surface area contributed by atoms with E-state index in [0.717, 1.165) is 22.3 Å². The SMILES string of the molecule is Cc1ccc(O)c(C)c1NC(=O)c1cnc(Nc2c3cnccc3nn2C)s1. The summed E-state index contributed by atoms with van der Waals surface area (Å²) >= 11 is 1.23. The number of nitrogens with one attached hydrogen (secondary N) is 2. The Kier molecular flexibility index (Phi) is 4.44. The number of nitrogens with zero attached hydrogens (tertiary/aromatic N) is 4. The fourth-order valence-electron chi connectivity index (χ4n) is 2.93. The van der Waals surface area contributed by atoms with Crippen LogP contribution in [-0.2, 0) is 7.05 Å². The zero-order chi connectivity index (χ0) is 19.8. The van der Waals surface area contributed by atoms with Gasteiger partial charge in [-0.25, -0.2) is 4.98 Å². The fraction of sp³-hybridized carbons (Fsp3) is 0.158. The van der Waals surface area contributed by atoms with E-state index >= 15 is 0 Å². The number of aryl methyl sites for hydroxylation is 2. The second-order valence-electron chi connectivity index (χ2n) is 6.38. The van der Waals surface area contributed by atoms with Gasteiger partial charge in [-0.05, 0) is 31.5 Å². The van der Waals surface area contributed by atoms with Crippen molar-refractivity contribution in [3.63, 3.8) is 0 Å². The largest absolute Gasteiger partial charge is 0.508 e. The number of anilines is 3. The molecule has 0 saturated heterocycles. The minimum Gasteiger partial charge on any atom is -0.508 e. The lowest BCUT2D eigenvalue weighted by Gasteiger charge is -2.11. The van der Waals surface area contributed by atoms with Gasteiger partial charge in [-0.1, -0.05) is 17.4 Å². The molecular formula is C19H18N6O2S. The Hall–Kier alpha value is -3.46. The molecule has 0 bridgehead atoms. The molecule has 9 heteroatoms. The number of hydrogen-bond donors (Lipinski definition) is 3. The van der Waals surface area contributed by atoms with Crippen molar-refractivity contribution in [1.29, 1.82) is 0 Å². The van der Waals surface area contributed by atoms with Gasteiger partial charge in [0.15, 0.2) is 5.13 Å². The highest BCUT2D eigenvalue weighted by atomic mass is 32.1. The molecule has 3 N–H and O–H groups in total. The lowest BCUT2D eigenvalue weighted by molar-refractivity contribution is 0.103. The zero-order valence-electron chi connectivity index (χ0n) is 15.5. The smallest absolute Gasteiger partial charge is 0.267 e. The summed E-state index contributed by atoms with van der Waals surface area (Å²) in [6, 6.07) is 5.21. The van der Waals surface area contributed by atoms with Crippen LogP contribution in [0.15, 0.2) is 36.8 Å². The molecule has 0 aliphatic carbocycles. The molecule has 1 amide bonds. The van der Waals surface area contributed by atoms with E-state index < -0.39 is 0 Å². The molecule has 0 aliphatic heterocycles. The first-order chi connectivity index (χ1) is 13.4. The van der Waals surface area contributed by atoms with Crippen molar-refractivity contribution in [1.82, 2.24) is 19.7 Å². The van der Waals surface area contributed by atoms with Gasteiger partial charge in [0.25, 0.3) is 5.91 Å². The zero-order valence-corrected chi connectivity index (χ0v) is 16.3. The third kappa shape index (κ3) is 3.16. The second kappa shape index (κ2) is 6.93. The van der Waals surface area contributed by atoms with Crippen molar-refractivity contribution in [3.8, 4) is 5.75 Å². The van der Waals surface area contributed by atoms with Gasteiger partial charge in [0.2, 0.25) is 0 Å². The summed E-state index contributed by atoms with van der Waals surface area (Å²) in [6.45, 7) is 3.64. The Morgan fingerprint density at radius 2 is 2.04 bits per heavy atom. The predicted octanol–water partition coefficient (Wildman–Crippen LogP) is 3.74. The van der Waals surface area contributed by atoms with Crippen LogP contribution in [0.5, 0.6) is 5.75 Å². The molecule has 1 aromatic carbocycles. The van der Waals surface area contributed by atoms with E-state index in [0.29, 0.717) is 21.3 Å². The van der Waals surface area contributed by atoms with E-state index in [2.05, 4.69) is 25.7 Å². The predicted molar refractivity (Wildman–Crippen MR) is 109 cm³/mol. The van der Waals surface area contributed by atoms with Gasteiger partial charge in [0.1, 0.15) is 16.4 Å². The number of fused-ring (bicyclic) bond motifs is 1. The summed E-state index contributed by atoms with van der Waals surface area (Å²) in [5.41, 5.74) is 2.94. The Morgan fingerprint density at radius 1 is 1.21 bits per heavy atom. The Bertz CT molecular complexity index is 1200. The number of aromatic hydroxyl groups is 1. The van der Waals surface area contributed by atoms with Gasteiger partial charge in [-0.3, -0.25) is 14.5 Å². The first kappa shape index (κ1) is 17.9. The van der Waals surface area contributed by atoms with Gasteiger partial charge < -0.3 is 15.7 Å². The molecule has 3 aromatic heterocycles. The molecular weight excluding hydrogens is 376 g/mol. The Labute approximate surface area is 164 Å². The maximum atomic E-state index is 12.6. The molecule has 0 radical (unpaired) electrons. The molecule has 0 fully saturated rings. The summed E-state index contributed by atoms with van der Waals surface area (Å²) in [6.07, 6.45) is 4.95. The van der Waals surface area contributed by atoms with Crippen molar-refractivity contribution < 1.29 is 9.90 Å². The average Bonchev–Trinajstić information content (AvgIpc) is 3.27. The molecule has 4 rings (SSSR count). The lowest BCUT2D eigenvalue weighted by atomic mass is 10.1. The first-order valence-corrected chi connectivity index (χ1v) is 9.36. The van der Waals surface area contributed by atoms with Crippen molar-refractivity contribution >= 4 is 44.8 Å². The molecule has 3 heterocycles. The first-order valence-electron chi connectivity index (χ1n) is 8.54. The number of benzene rings is 1. The quantitative estimate of drug-likeness (QED) is 0.487. The van der Waals surface area contributed by atoms with Gasteiger partial charge >= 0.3 is 0 Å². The van der Waals surface area contributed by atoms with Gasteiger partial charge in [0, 0.05) is 25.0 Å². The summed E-state index contributed by atoms with van der Waals surface area (Å²) in [4.78, 5) is 21.5. The Morgan fingerprint density at radius 3 is 2.86 bits per heavy atom. The number of carbonyl (C=O) groups is 1. The highest BCUT2D eigenvalue weighted by molar-refractivity contribution is 7.17.